The monoisotopic (exact) mass is 447 g/mol. The van der Waals surface area contributed by atoms with Crippen LogP contribution in [0.4, 0.5) is 0 Å². The summed E-state index contributed by atoms with van der Waals surface area (Å²) in [7, 11) is 0. The Hall–Kier alpha value is -2.21. The van der Waals surface area contributed by atoms with Crippen molar-refractivity contribution in [2.75, 3.05) is 39.3 Å². The van der Waals surface area contributed by atoms with E-state index in [2.05, 4.69) is 71.3 Å². The van der Waals surface area contributed by atoms with Crippen LogP contribution in [0.15, 0.2) is 54.6 Å². The summed E-state index contributed by atoms with van der Waals surface area (Å²) in [6, 6.07) is 19.2. The Morgan fingerprint density at radius 3 is 2.33 bits per heavy atom. The summed E-state index contributed by atoms with van der Waals surface area (Å²) in [5, 5.41) is 11.4. The van der Waals surface area contributed by atoms with Crippen molar-refractivity contribution in [3.05, 3.63) is 71.3 Å². The molecular formula is C28H37N3O2. The zero-order chi connectivity index (χ0) is 22.9. The summed E-state index contributed by atoms with van der Waals surface area (Å²) >= 11 is 0. The van der Waals surface area contributed by atoms with E-state index in [1.807, 2.05) is 4.90 Å². The quantitative estimate of drug-likeness (QED) is 0.764. The van der Waals surface area contributed by atoms with Crippen molar-refractivity contribution in [2.24, 2.45) is 5.41 Å². The molecule has 1 N–H and O–H groups in total. The molecule has 2 aromatic rings. The minimum Gasteiger partial charge on any atom is -0.387 e. The van der Waals surface area contributed by atoms with Crippen molar-refractivity contribution >= 4 is 5.91 Å². The third-order valence-corrected chi connectivity index (χ3v) is 8.07. The molecule has 0 aliphatic carbocycles. The molecular weight excluding hydrogens is 410 g/mol. The van der Waals surface area contributed by atoms with Gasteiger partial charge in [0.2, 0.25) is 5.91 Å². The molecule has 0 aromatic heterocycles. The maximum atomic E-state index is 13.5. The lowest BCUT2D eigenvalue weighted by Crippen LogP contribution is -2.51. The fourth-order valence-electron chi connectivity index (χ4n) is 5.91. The fourth-order valence-corrected chi connectivity index (χ4v) is 5.91. The normalized spacial score (nSPS) is 25.7. The second kappa shape index (κ2) is 9.21. The van der Waals surface area contributed by atoms with Crippen LogP contribution in [-0.4, -0.2) is 70.6 Å². The van der Waals surface area contributed by atoms with Gasteiger partial charge in [0.25, 0.3) is 0 Å². The van der Waals surface area contributed by atoms with Crippen LogP contribution in [0.25, 0.3) is 0 Å². The molecule has 5 nitrogen and oxygen atoms in total. The standard InChI is InChI=1S/C28H37N3O2/c1-27(12-16-29(17-13-27)19-23-7-3-2-4-8-23)26(32)31-18-14-28(33,22-31)21-30-15-11-24-9-5-6-10-25(24)20-30/h2-10,33H,11-22H2,1H3/t28-/m1/s1. The van der Waals surface area contributed by atoms with E-state index in [9.17, 15) is 9.90 Å². The second-order valence-electron chi connectivity index (χ2n) is 10.8. The number of rotatable bonds is 5. The van der Waals surface area contributed by atoms with Gasteiger partial charge in [0.15, 0.2) is 0 Å². The summed E-state index contributed by atoms with van der Waals surface area (Å²) in [6.07, 6.45) is 3.48. The van der Waals surface area contributed by atoms with Crippen LogP contribution in [0.1, 0.15) is 42.9 Å². The Balaban J connectivity index is 1.14. The molecule has 5 rings (SSSR count). The van der Waals surface area contributed by atoms with Gasteiger partial charge in [-0.2, -0.15) is 0 Å². The number of hydrogen-bond donors (Lipinski definition) is 1. The Bertz CT molecular complexity index is 970. The molecule has 2 fully saturated rings. The molecule has 1 amide bonds. The Morgan fingerprint density at radius 1 is 0.879 bits per heavy atom. The molecule has 0 unspecified atom stereocenters. The zero-order valence-electron chi connectivity index (χ0n) is 19.9. The lowest BCUT2D eigenvalue weighted by Gasteiger charge is -2.40. The van der Waals surface area contributed by atoms with Crippen LogP contribution in [0.2, 0.25) is 0 Å². The highest BCUT2D eigenvalue weighted by Crippen LogP contribution is 2.36. The number of carbonyl (C=O) groups excluding carboxylic acids is 1. The largest absolute Gasteiger partial charge is 0.387 e. The first-order valence-electron chi connectivity index (χ1n) is 12.5. The first-order valence-corrected chi connectivity index (χ1v) is 12.5. The molecule has 3 aliphatic rings. The number of likely N-dealkylation sites (tertiary alicyclic amines) is 2. The van der Waals surface area contributed by atoms with E-state index < -0.39 is 5.60 Å². The van der Waals surface area contributed by atoms with Crippen molar-refractivity contribution in [3.63, 3.8) is 0 Å². The molecule has 5 heteroatoms. The predicted octanol–water partition coefficient (Wildman–Crippen LogP) is 3.31. The third kappa shape index (κ3) is 5.01. The Morgan fingerprint density at radius 2 is 1.58 bits per heavy atom. The van der Waals surface area contributed by atoms with Gasteiger partial charge >= 0.3 is 0 Å². The zero-order valence-corrected chi connectivity index (χ0v) is 19.9. The van der Waals surface area contributed by atoms with Crippen molar-refractivity contribution in [2.45, 2.75) is 51.3 Å². The second-order valence-corrected chi connectivity index (χ2v) is 10.8. The minimum atomic E-state index is -0.799. The Kier molecular flexibility index (Phi) is 6.30. The van der Waals surface area contributed by atoms with E-state index in [0.717, 1.165) is 52.0 Å². The van der Waals surface area contributed by atoms with Crippen molar-refractivity contribution in [1.82, 2.24) is 14.7 Å². The minimum absolute atomic E-state index is 0.238. The van der Waals surface area contributed by atoms with E-state index in [1.165, 1.54) is 16.7 Å². The molecule has 3 heterocycles. The lowest BCUT2D eigenvalue weighted by atomic mass is 9.79. The summed E-state index contributed by atoms with van der Waals surface area (Å²) < 4.78 is 0. The number of amides is 1. The van der Waals surface area contributed by atoms with E-state index in [0.29, 0.717) is 26.1 Å². The predicted molar refractivity (Wildman–Crippen MR) is 131 cm³/mol. The van der Waals surface area contributed by atoms with Crippen LogP contribution < -0.4 is 0 Å². The summed E-state index contributed by atoms with van der Waals surface area (Å²) in [5.41, 5.74) is 3.01. The maximum absolute atomic E-state index is 13.5. The molecule has 0 bridgehead atoms. The van der Waals surface area contributed by atoms with Gasteiger partial charge in [-0.25, -0.2) is 0 Å². The number of β-amino-alcohol motifs (C(OH)–C–C–N with tert-alkyl or cyclic N) is 1. The van der Waals surface area contributed by atoms with Crippen molar-refractivity contribution in [1.29, 1.82) is 0 Å². The number of nitrogens with zero attached hydrogens (tertiary/aromatic N) is 3. The van der Waals surface area contributed by atoms with Crippen LogP contribution in [0.3, 0.4) is 0 Å². The number of piperidine rings is 1. The number of benzene rings is 2. The number of aliphatic hydroxyl groups is 1. The molecule has 3 aliphatic heterocycles. The van der Waals surface area contributed by atoms with Crippen molar-refractivity contribution in [3.8, 4) is 0 Å². The molecule has 0 radical (unpaired) electrons. The molecule has 0 spiro atoms. The smallest absolute Gasteiger partial charge is 0.228 e. The van der Waals surface area contributed by atoms with Crippen LogP contribution in [0, 0.1) is 5.41 Å². The first-order chi connectivity index (χ1) is 15.9. The third-order valence-electron chi connectivity index (χ3n) is 8.07. The van der Waals surface area contributed by atoms with Gasteiger partial charge in [-0.05, 0) is 55.5 Å². The average Bonchev–Trinajstić information content (AvgIpc) is 3.22. The number of carbonyl (C=O) groups is 1. The van der Waals surface area contributed by atoms with E-state index >= 15 is 0 Å². The number of fused-ring (bicyclic) bond motifs is 1. The molecule has 33 heavy (non-hydrogen) atoms. The highest BCUT2D eigenvalue weighted by atomic mass is 16.3. The van der Waals surface area contributed by atoms with Gasteiger partial charge in [-0.15, -0.1) is 0 Å². The van der Waals surface area contributed by atoms with Gasteiger partial charge < -0.3 is 10.0 Å². The molecule has 2 saturated heterocycles. The van der Waals surface area contributed by atoms with Gasteiger partial charge in [-0.1, -0.05) is 61.5 Å². The lowest BCUT2D eigenvalue weighted by molar-refractivity contribution is -0.144. The SMILES string of the molecule is CC1(C(=O)N2CC[C@@](O)(CN3CCc4ccccc4C3)C2)CCN(Cc2ccccc2)CC1. The van der Waals surface area contributed by atoms with Crippen LogP contribution in [0.5, 0.6) is 0 Å². The average molecular weight is 448 g/mol. The summed E-state index contributed by atoms with van der Waals surface area (Å²) in [4.78, 5) is 20.3. The highest BCUT2D eigenvalue weighted by molar-refractivity contribution is 5.83. The first kappa shape index (κ1) is 22.6. The van der Waals surface area contributed by atoms with Crippen molar-refractivity contribution < 1.29 is 9.90 Å². The molecule has 176 valence electrons. The molecule has 0 saturated carbocycles. The fraction of sp³-hybridized carbons (Fsp3) is 0.536. The van der Waals surface area contributed by atoms with E-state index in [4.69, 9.17) is 0 Å². The van der Waals surface area contributed by atoms with Gasteiger partial charge in [0.1, 0.15) is 0 Å². The topological polar surface area (TPSA) is 47.0 Å². The summed E-state index contributed by atoms with van der Waals surface area (Å²) in [5.74, 6) is 0.238. The van der Waals surface area contributed by atoms with Gasteiger partial charge in [-0.3, -0.25) is 14.6 Å². The van der Waals surface area contributed by atoms with Crippen LogP contribution >= 0.6 is 0 Å². The summed E-state index contributed by atoms with van der Waals surface area (Å²) in [6.45, 7) is 8.62. The molecule has 2 aromatic carbocycles. The maximum Gasteiger partial charge on any atom is 0.228 e. The Labute approximate surface area is 198 Å². The van der Waals surface area contributed by atoms with Crippen LogP contribution in [-0.2, 0) is 24.3 Å². The molecule has 1 atom stereocenters. The van der Waals surface area contributed by atoms with E-state index in [1.54, 1.807) is 0 Å². The van der Waals surface area contributed by atoms with Gasteiger partial charge in [0, 0.05) is 38.1 Å². The van der Waals surface area contributed by atoms with Gasteiger partial charge in [0.05, 0.1) is 12.1 Å². The van der Waals surface area contributed by atoms with E-state index in [-0.39, 0.29) is 11.3 Å². The highest BCUT2D eigenvalue weighted by Gasteiger charge is 2.45. The number of hydrogen-bond acceptors (Lipinski definition) is 4.